The summed E-state index contributed by atoms with van der Waals surface area (Å²) < 4.78 is 0. The van der Waals surface area contributed by atoms with Gasteiger partial charge in [0.2, 0.25) is 0 Å². The van der Waals surface area contributed by atoms with Crippen LogP contribution in [0.15, 0.2) is 60.0 Å². The summed E-state index contributed by atoms with van der Waals surface area (Å²) in [7, 11) is 0. The minimum absolute atomic E-state index is 0.155. The summed E-state index contributed by atoms with van der Waals surface area (Å²) in [5.74, 6) is -0.155. The van der Waals surface area contributed by atoms with Gasteiger partial charge in [-0.2, -0.15) is 0 Å². The largest absolute Gasteiger partial charge is 0.334 e. The van der Waals surface area contributed by atoms with Crippen LogP contribution in [0.4, 0.5) is 16.2 Å². The summed E-state index contributed by atoms with van der Waals surface area (Å²) in [6.07, 6.45) is 3.58. The zero-order chi connectivity index (χ0) is 18.2. The molecule has 0 radical (unpaired) electrons. The first-order valence-corrected chi connectivity index (χ1v) is 8.97. The third-order valence-electron chi connectivity index (χ3n) is 3.50. The summed E-state index contributed by atoms with van der Waals surface area (Å²) >= 11 is 1.60. The van der Waals surface area contributed by atoms with Crippen LogP contribution in [-0.4, -0.2) is 24.7 Å². The molecule has 6 heteroatoms. The average Bonchev–Trinajstić information content (AvgIpc) is 2.62. The molecular weight excluding hydrogens is 334 g/mol. The Morgan fingerprint density at radius 3 is 2.32 bits per heavy atom. The quantitative estimate of drug-likeness (QED) is 0.535. The lowest BCUT2D eigenvalue weighted by Gasteiger charge is -2.10. The molecule has 0 aliphatic rings. The normalized spacial score (nSPS) is 10.0. The van der Waals surface area contributed by atoms with Crippen molar-refractivity contribution in [2.75, 3.05) is 23.4 Å². The number of benzene rings is 2. The van der Waals surface area contributed by atoms with Crippen molar-refractivity contribution in [2.24, 2.45) is 0 Å². The number of amides is 3. The Morgan fingerprint density at radius 1 is 1.08 bits per heavy atom. The second-order valence-electron chi connectivity index (χ2n) is 5.34. The summed E-state index contributed by atoms with van der Waals surface area (Å²) in [6, 6.07) is 12.5. The predicted octanol–water partition coefficient (Wildman–Crippen LogP) is 4.28. The van der Waals surface area contributed by atoms with Crippen LogP contribution in [0.5, 0.6) is 0 Å². The van der Waals surface area contributed by atoms with Gasteiger partial charge in [-0.15, -0.1) is 18.3 Å². The Hall–Kier alpha value is -2.73. The minimum atomic E-state index is -0.304. The van der Waals surface area contributed by atoms with Crippen LogP contribution in [0.3, 0.4) is 0 Å². The van der Waals surface area contributed by atoms with Crippen molar-refractivity contribution in [3.63, 3.8) is 0 Å². The smallest absolute Gasteiger partial charge is 0.319 e. The van der Waals surface area contributed by atoms with E-state index in [2.05, 4.69) is 22.5 Å². The van der Waals surface area contributed by atoms with Gasteiger partial charge >= 0.3 is 6.03 Å². The number of anilines is 2. The highest BCUT2D eigenvalue weighted by atomic mass is 32.2. The van der Waals surface area contributed by atoms with Gasteiger partial charge in [0.1, 0.15) is 0 Å². The van der Waals surface area contributed by atoms with Gasteiger partial charge in [0.15, 0.2) is 0 Å². The van der Waals surface area contributed by atoms with E-state index in [1.165, 1.54) is 0 Å². The molecule has 25 heavy (non-hydrogen) atoms. The zero-order valence-corrected chi connectivity index (χ0v) is 15.1. The molecule has 0 aliphatic carbocycles. The lowest BCUT2D eigenvalue weighted by Crippen LogP contribution is -2.28. The molecule has 5 nitrogen and oxygen atoms in total. The van der Waals surface area contributed by atoms with Crippen molar-refractivity contribution in [1.29, 1.82) is 0 Å². The number of nitrogens with one attached hydrogen (secondary N) is 3. The van der Waals surface area contributed by atoms with Crippen molar-refractivity contribution >= 4 is 35.1 Å². The van der Waals surface area contributed by atoms with Gasteiger partial charge in [0.05, 0.1) is 0 Å². The van der Waals surface area contributed by atoms with E-state index < -0.39 is 0 Å². The molecule has 0 saturated heterocycles. The van der Waals surface area contributed by atoms with Gasteiger partial charge < -0.3 is 16.0 Å². The minimum Gasteiger partial charge on any atom is -0.334 e. The molecule has 130 valence electrons. The first-order valence-electron chi connectivity index (χ1n) is 7.75. The SMILES string of the molecule is C=CCNC(=O)Nc1ccc(NC(=O)c2cc(SC)ccc2C)cc1. The number of rotatable bonds is 6. The highest BCUT2D eigenvalue weighted by Gasteiger charge is 2.10. The number of carbonyl (C=O) groups excluding carboxylic acids is 2. The zero-order valence-electron chi connectivity index (χ0n) is 14.3. The van der Waals surface area contributed by atoms with E-state index in [0.29, 0.717) is 23.5 Å². The van der Waals surface area contributed by atoms with Crippen LogP contribution in [-0.2, 0) is 0 Å². The third-order valence-corrected chi connectivity index (χ3v) is 4.22. The molecule has 0 heterocycles. The molecule has 0 spiro atoms. The summed E-state index contributed by atoms with van der Waals surface area (Å²) in [4.78, 5) is 25.1. The third kappa shape index (κ3) is 5.39. The van der Waals surface area contributed by atoms with Crippen LogP contribution < -0.4 is 16.0 Å². The van der Waals surface area contributed by atoms with E-state index in [-0.39, 0.29) is 11.9 Å². The summed E-state index contributed by atoms with van der Waals surface area (Å²) in [5.41, 5.74) is 2.88. The van der Waals surface area contributed by atoms with Crippen LogP contribution in [0, 0.1) is 6.92 Å². The lowest BCUT2D eigenvalue weighted by molar-refractivity contribution is 0.102. The molecule has 2 rings (SSSR count). The molecule has 3 N–H and O–H groups in total. The number of carbonyl (C=O) groups is 2. The molecule has 0 saturated carbocycles. The Bertz CT molecular complexity index is 773. The lowest BCUT2D eigenvalue weighted by atomic mass is 10.1. The highest BCUT2D eigenvalue weighted by molar-refractivity contribution is 7.98. The Kier molecular flexibility index (Phi) is 6.65. The molecular formula is C19H21N3O2S. The monoisotopic (exact) mass is 355 g/mol. The van der Waals surface area contributed by atoms with Crippen molar-refractivity contribution in [1.82, 2.24) is 5.32 Å². The van der Waals surface area contributed by atoms with Crippen molar-refractivity contribution in [2.45, 2.75) is 11.8 Å². The van der Waals surface area contributed by atoms with Crippen LogP contribution >= 0.6 is 11.8 Å². The molecule has 2 aromatic rings. The topological polar surface area (TPSA) is 70.2 Å². The Labute approximate surface area is 151 Å². The summed E-state index contributed by atoms with van der Waals surface area (Å²) in [5, 5.41) is 8.20. The second-order valence-corrected chi connectivity index (χ2v) is 6.22. The van der Waals surface area contributed by atoms with Gasteiger partial charge in [0, 0.05) is 28.4 Å². The van der Waals surface area contributed by atoms with E-state index >= 15 is 0 Å². The predicted molar refractivity (Wildman–Crippen MR) is 105 cm³/mol. The fraction of sp³-hybridized carbons (Fsp3) is 0.158. The van der Waals surface area contributed by atoms with E-state index in [4.69, 9.17) is 0 Å². The molecule has 0 bridgehead atoms. The standard InChI is InChI=1S/C19H21N3O2S/c1-4-11-20-19(24)22-15-8-6-14(7-9-15)21-18(23)17-12-16(25-3)10-5-13(17)2/h4-10,12H,1,11H2,2-3H3,(H,21,23)(H2,20,22,24). The van der Waals surface area contributed by atoms with Gasteiger partial charge in [-0.3, -0.25) is 4.79 Å². The fourth-order valence-electron chi connectivity index (χ4n) is 2.15. The molecule has 0 atom stereocenters. The van der Waals surface area contributed by atoms with E-state index in [0.717, 1.165) is 10.5 Å². The van der Waals surface area contributed by atoms with Gasteiger partial charge in [-0.25, -0.2) is 4.79 Å². The van der Waals surface area contributed by atoms with E-state index in [1.54, 1.807) is 42.1 Å². The fourth-order valence-corrected chi connectivity index (χ4v) is 2.59. The first kappa shape index (κ1) is 18.6. The van der Waals surface area contributed by atoms with Gasteiger partial charge in [-0.1, -0.05) is 12.1 Å². The van der Waals surface area contributed by atoms with E-state index in [1.807, 2.05) is 31.4 Å². The summed E-state index contributed by atoms with van der Waals surface area (Å²) in [6.45, 7) is 5.84. The molecule has 0 aliphatic heterocycles. The highest BCUT2D eigenvalue weighted by Crippen LogP contribution is 2.21. The van der Waals surface area contributed by atoms with Gasteiger partial charge in [-0.05, 0) is 55.1 Å². The number of hydrogen-bond donors (Lipinski definition) is 3. The Balaban J connectivity index is 2.02. The van der Waals surface area contributed by atoms with Crippen LogP contribution in [0.25, 0.3) is 0 Å². The number of urea groups is 1. The maximum absolute atomic E-state index is 12.5. The second kappa shape index (κ2) is 8.94. The molecule has 0 unspecified atom stereocenters. The molecule has 0 aromatic heterocycles. The molecule has 0 fully saturated rings. The first-order chi connectivity index (χ1) is 12.0. The molecule has 3 amide bonds. The number of thioether (sulfide) groups is 1. The maximum Gasteiger partial charge on any atom is 0.319 e. The van der Waals surface area contributed by atoms with E-state index in [9.17, 15) is 9.59 Å². The van der Waals surface area contributed by atoms with Crippen molar-refractivity contribution < 1.29 is 9.59 Å². The number of hydrogen-bond acceptors (Lipinski definition) is 3. The van der Waals surface area contributed by atoms with Gasteiger partial charge in [0.25, 0.3) is 5.91 Å². The Morgan fingerprint density at radius 2 is 1.72 bits per heavy atom. The average molecular weight is 355 g/mol. The van der Waals surface area contributed by atoms with Crippen molar-refractivity contribution in [3.05, 3.63) is 66.2 Å². The maximum atomic E-state index is 12.5. The van der Waals surface area contributed by atoms with Crippen LogP contribution in [0.2, 0.25) is 0 Å². The number of aryl methyl sites for hydroxylation is 1. The van der Waals surface area contributed by atoms with Crippen molar-refractivity contribution in [3.8, 4) is 0 Å². The molecule has 2 aromatic carbocycles. The van der Waals surface area contributed by atoms with Crippen LogP contribution in [0.1, 0.15) is 15.9 Å².